The Morgan fingerprint density at radius 1 is 0.919 bits per heavy atom. The lowest BCUT2D eigenvalue weighted by atomic mass is 9.80. The number of rotatable bonds is 9. The van der Waals surface area contributed by atoms with Crippen LogP contribution in [0.1, 0.15) is 35.1 Å². The van der Waals surface area contributed by atoms with Crippen LogP contribution in [0.3, 0.4) is 0 Å². The summed E-state index contributed by atoms with van der Waals surface area (Å²) in [6, 6.07) is 23.1. The van der Waals surface area contributed by atoms with Gasteiger partial charge in [-0.3, -0.25) is 9.59 Å². The molecule has 1 N–H and O–H groups in total. The summed E-state index contributed by atoms with van der Waals surface area (Å²) in [5.41, 5.74) is 1.68. The van der Waals surface area contributed by atoms with Crippen molar-refractivity contribution in [3.63, 3.8) is 0 Å². The number of hydroxylamine groups is 2. The molecule has 6 nitrogen and oxygen atoms in total. The summed E-state index contributed by atoms with van der Waals surface area (Å²) in [6.45, 7) is 0. The van der Waals surface area contributed by atoms with Crippen molar-refractivity contribution < 1.29 is 24.3 Å². The Bertz CT molecular complexity index is 1230. The number of thiol groups is 1. The fourth-order valence-electron chi connectivity index (χ4n) is 4.16. The number of thioether (sulfide) groups is 2. The number of carbonyl (C=O) groups excluding carboxylic acids is 3. The molecule has 1 aliphatic heterocycles. The van der Waals surface area contributed by atoms with E-state index in [1.165, 1.54) is 0 Å². The second-order valence-electron chi connectivity index (χ2n) is 8.57. The van der Waals surface area contributed by atoms with Crippen molar-refractivity contribution in [2.75, 3.05) is 12.5 Å². The molecule has 4 rings (SSSR count). The smallest absolute Gasteiger partial charge is 0.333 e. The Morgan fingerprint density at radius 3 is 1.78 bits per heavy atom. The van der Waals surface area contributed by atoms with E-state index in [2.05, 4.69) is 12.6 Å². The standard InChI is InChI=1S/C28H27NO5S3/c1-36-22-12-8-20(9-13-22)28(33,21-10-14-23(37-2)15-11-21)19-6-3-18(4-7-19)5-16-26(31)34-29-25(30)17-24(35)27(29)32/h3-4,6-15,24,33,35H,5,16-17H2,1-2H3. The van der Waals surface area contributed by atoms with Gasteiger partial charge < -0.3 is 9.94 Å². The van der Waals surface area contributed by atoms with Crippen LogP contribution in [0.5, 0.6) is 0 Å². The largest absolute Gasteiger partial charge is 0.376 e. The molecule has 0 aliphatic carbocycles. The van der Waals surface area contributed by atoms with Gasteiger partial charge in [-0.2, -0.15) is 12.6 Å². The number of imide groups is 1. The molecule has 0 aromatic heterocycles. The van der Waals surface area contributed by atoms with Gasteiger partial charge in [-0.1, -0.05) is 48.5 Å². The molecule has 1 unspecified atom stereocenters. The highest BCUT2D eigenvalue weighted by atomic mass is 32.2. The van der Waals surface area contributed by atoms with Gasteiger partial charge in [0, 0.05) is 9.79 Å². The SMILES string of the molecule is CSc1ccc(C(O)(c2ccc(CCC(=O)ON3C(=O)CC(S)C3=O)cc2)c2ccc(SC)cc2)cc1. The molecule has 37 heavy (non-hydrogen) atoms. The molecule has 1 saturated heterocycles. The van der Waals surface area contributed by atoms with Crippen LogP contribution in [0.2, 0.25) is 0 Å². The van der Waals surface area contributed by atoms with Crippen LogP contribution < -0.4 is 0 Å². The summed E-state index contributed by atoms with van der Waals surface area (Å²) in [6.07, 6.45) is 4.27. The van der Waals surface area contributed by atoms with Crippen molar-refractivity contribution >= 4 is 53.9 Å². The number of hydrogen-bond acceptors (Lipinski definition) is 8. The zero-order chi connectivity index (χ0) is 26.6. The summed E-state index contributed by atoms with van der Waals surface area (Å²) < 4.78 is 0. The Morgan fingerprint density at radius 2 is 1.38 bits per heavy atom. The lowest BCUT2D eigenvalue weighted by Gasteiger charge is -2.30. The molecule has 3 aromatic carbocycles. The fraction of sp³-hybridized carbons (Fsp3) is 0.250. The molecule has 1 fully saturated rings. The van der Waals surface area contributed by atoms with Crippen LogP contribution >= 0.6 is 36.2 Å². The van der Waals surface area contributed by atoms with E-state index in [1.54, 1.807) is 23.5 Å². The molecule has 0 bridgehead atoms. The Kier molecular flexibility index (Phi) is 8.69. The maximum absolute atomic E-state index is 12.2. The van der Waals surface area contributed by atoms with E-state index in [4.69, 9.17) is 4.84 Å². The molecule has 192 valence electrons. The second-order valence-corrected chi connectivity index (χ2v) is 11.0. The van der Waals surface area contributed by atoms with Gasteiger partial charge in [0.15, 0.2) is 0 Å². The predicted octanol–water partition coefficient (Wildman–Crippen LogP) is 4.86. The number of hydrogen-bond donors (Lipinski definition) is 2. The monoisotopic (exact) mass is 553 g/mol. The average molecular weight is 554 g/mol. The van der Waals surface area contributed by atoms with E-state index in [0.717, 1.165) is 26.5 Å². The first-order valence-electron chi connectivity index (χ1n) is 11.6. The van der Waals surface area contributed by atoms with Crippen molar-refractivity contribution in [2.24, 2.45) is 0 Å². The van der Waals surface area contributed by atoms with Gasteiger partial charge in [-0.25, -0.2) is 4.79 Å². The summed E-state index contributed by atoms with van der Waals surface area (Å²) in [4.78, 5) is 43.1. The zero-order valence-electron chi connectivity index (χ0n) is 20.4. The van der Waals surface area contributed by atoms with E-state index in [1.807, 2.05) is 85.3 Å². The molecule has 0 saturated carbocycles. The van der Waals surface area contributed by atoms with Crippen molar-refractivity contribution in [1.29, 1.82) is 0 Å². The van der Waals surface area contributed by atoms with Crippen LogP contribution in [0.25, 0.3) is 0 Å². The van der Waals surface area contributed by atoms with E-state index in [9.17, 15) is 19.5 Å². The minimum atomic E-state index is -1.37. The first-order valence-corrected chi connectivity index (χ1v) is 14.6. The summed E-state index contributed by atoms with van der Waals surface area (Å²) in [5.74, 6) is -1.87. The van der Waals surface area contributed by atoms with Gasteiger partial charge in [0.25, 0.3) is 11.8 Å². The van der Waals surface area contributed by atoms with Crippen LogP contribution in [0.15, 0.2) is 82.6 Å². The third-order valence-corrected chi connectivity index (χ3v) is 8.17. The topological polar surface area (TPSA) is 83.9 Å². The number of benzene rings is 3. The number of aryl methyl sites for hydroxylation is 1. The number of amides is 2. The van der Waals surface area contributed by atoms with Gasteiger partial charge in [-0.05, 0) is 65.5 Å². The molecular formula is C28H27NO5S3. The minimum absolute atomic E-state index is 0.00972. The molecule has 1 heterocycles. The van der Waals surface area contributed by atoms with Gasteiger partial charge in [0.2, 0.25) is 0 Å². The second kappa shape index (κ2) is 11.8. The van der Waals surface area contributed by atoms with Gasteiger partial charge in [0.05, 0.1) is 18.1 Å². The normalized spacial score (nSPS) is 15.8. The maximum Gasteiger partial charge on any atom is 0.333 e. The van der Waals surface area contributed by atoms with Gasteiger partial charge in [-0.15, -0.1) is 28.6 Å². The highest BCUT2D eigenvalue weighted by molar-refractivity contribution is 7.98. The summed E-state index contributed by atoms with van der Waals surface area (Å²) in [7, 11) is 0. The first kappa shape index (κ1) is 27.3. The van der Waals surface area contributed by atoms with E-state index in [0.29, 0.717) is 17.0 Å². The zero-order valence-corrected chi connectivity index (χ0v) is 22.9. The third-order valence-electron chi connectivity index (χ3n) is 6.28. The van der Waals surface area contributed by atoms with E-state index in [-0.39, 0.29) is 12.8 Å². The molecule has 0 radical (unpaired) electrons. The van der Waals surface area contributed by atoms with Crippen LogP contribution in [0.4, 0.5) is 0 Å². The van der Waals surface area contributed by atoms with E-state index < -0.39 is 28.6 Å². The molecule has 2 amide bonds. The third kappa shape index (κ3) is 5.90. The van der Waals surface area contributed by atoms with Crippen molar-refractivity contribution in [3.8, 4) is 0 Å². The Labute approximate surface area is 230 Å². The molecule has 1 atom stereocenters. The summed E-state index contributed by atoms with van der Waals surface area (Å²) in [5, 5.41) is 11.9. The quantitative estimate of drug-likeness (QED) is 0.169. The lowest BCUT2D eigenvalue weighted by molar-refractivity contribution is -0.197. The maximum atomic E-state index is 12.2. The molecular weight excluding hydrogens is 527 g/mol. The van der Waals surface area contributed by atoms with Crippen LogP contribution in [0, 0.1) is 0 Å². The Balaban J connectivity index is 1.53. The number of nitrogens with zero attached hydrogens (tertiary/aromatic N) is 1. The van der Waals surface area contributed by atoms with Crippen LogP contribution in [-0.2, 0) is 31.2 Å². The van der Waals surface area contributed by atoms with Gasteiger partial charge >= 0.3 is 5.97 Å². The lowest BCUT2D eigenvalue weighted by Crippen LogP contribution is -2.33. The number of carbonyl (C=O) groups is 3. The molecule has 0 spiro atoms. The van der Waals surface area contributed by atoms with Crippen molar-refractivity contribution in [2.45, 2.75) is 39.9 Å². The fourth-order valence-corrected chi connectivity index (χ4v) is 5.24. The highest BCUT2D eigenvalue weighted by Crippen LogP contribution is 2.38. The minimum Gasteiger partial charge on any atom is -0.376 e. The van der Waals surface area contributed by atoms with Crippen molar-refractivity contribution in [1.82, 2.24) is 5.06 Å². The summed E-state index contributed by atoms with van der Waals surface area (Å²) >= 11 is 7.29. The molecule has 1 aliphatic rings. The Hall–Kier alpha value is -2.72. The van der Waals surface area contributed by atoms with Crippen LogP contribution in [-0.4, -0.2) is 45.7 Å². The number of aliphatic hydroxyl groups is 1. The van der Waals surface area contributed by atoms with Crippen molar-refractivity contribution in [3.05, 3.63) is 95.1 Å². The highest BCUT2D eigenvalue weighted by Gasteiger charge is 2.39. The average Bonchev–Trinajstić information content (AvgIpc) is 3.17. The first-order chi connectivity index (χ1) is 17.8. The molecule has 9 heteroatoms. The molecule has 3 aromatic rings. The predicted molar refractivity (Wildman–Crippen MR) is 149 cm³/mol. The van der Waals surface area contributed by atoms with Gasteiger partial charge in [0.1, 0.15) is 5.60 Å². The van der Waals surface area contributed by atoms with E-state index >= 15 is 0 Å².